The first-order valence-electron chi connectivity index (χ1n) is 10.1. The highest BCUT2D eigenvalue weighted by atomic mass is 16.2. The Morgan fingerprint density at radius 2 is 1.52 bits per heavy atom. The molecule has 4 N–H and O–H groups in total. The van der Waals surface area contributed by atoms with Gasteiger partial charge in [-0.25, -0.2) is 4.79 Å². The summed E-state index contributed by atoms with van der Waals surface area (Å²) in [5.74, 6) is 1.20. The van der Waals surface area contributed by atoms with Crippen LogP contribution in [0, 0.1) is 29.1 Å². The maximum absolute atomic E-state index is 12.5. The van der Waals surface area contributed by atoms with E-state index in [0.717, 1.165) is 37.0 Å². The van der Waals surface area contributed by atoms with Crippen LogP contribution >= 0.6 is 0 Å². The minimum absolute atomic E-state index is 0.119. The molecule has 5 aliphatic carbocycles. The average Bonchev–Trinajstić information content (AvgIpc) is 2.84. The summed E-state index contributed by atoms with van der Waals surface area (Å²) in [6, 6.07) is -0.511. The van der Waals surface area contributed by atoms with E-state index < -0.39 is 11.6 Å². The summed E-state index contributed by atoms with van der Waals surface area (Å²) in [4.78, 5) is 47.7. The van der Waals surface area contributed by atoms with E-state index in [-0.39, 0.29) is 41.9 Å². The summed E-state index contributed by atoms with van der Waals surface area (Å²) >= 11 is 0. The zero-order valence-corrected chi connectivity index (χ0v) is 15.3. The number of urea groups is 1. The average molecular weight is 374 g/mol. The molecule has 8 heteroatoms. The van der Waals surface area contributed by atoms with Crippen LogP contribution in [0.5, 0.6) is 0 Å². The van der Waals surface area contributed by atoms with Crippen LogP contribution in [-0.2, 0) is 14.4 Å². The Morgan fingerprint density at radius 3 is 2.04 bits per heavy atom. The molecule has 6 rings (SSSR count). The molecule has 1 heterocycles. The fraction of sp³-hybridized carbons (Fsp3) is 0.789. The molecule has 4 bridgehead atoms. The van der Waals surface area contributed by atoms with E-state index in [1.165, 1.54) is 19.3 Å². The van der Waals surface area contributed by atoms with Gasteiger partial charge in [-0.1, -0.05) is 0 Å². The molecule has 0 unspecified atom stereocenters. The number of nitrogens with one attached hydrogen (secondary N) is 4. The molecule has 1 saturated heterocycles. The van der Waals surface area contributed by atoms with E-state index in [9.17, 15) is 19.2 Å². The Morgan fingerprint density at radius 1 is 0.926 bits per heavy atom. The highest BCUT2D eigenvalue weighted by Gasteiger charge is 2.57. The summed E-state index contributed by atoms with van der Waals surface area (Å²) in [5.41, 5.74) is 4.29. The SMILES string of the molecule is O=C(CC12CC3CC(CC(C3)C1)C2)NNC(=O)C1CC2(C1)NC(=O)NC2=O. The fourth-order valence-electron chi connectivity index (χ4n) is 6.91. The maximum atomic E-state index is 12.5. The van der Waals surface area contributed by atoms with Crippen molar-refractivity contribution < 1.29 is 19.2 Å². The zero-order valence-electron chi connectivity index (χ0n) is 15.3. The number of hydrogen-bond acceptors (Lipinski definition) is 4. The maximum Gasteiger partial charge on any atom is 0.322 e. The van der Waals surface area contributed by atoms with Crippen molar-refractivity contribution in [2.24, 2.45) is 29.1 Å². The molecular weight excluding hydrogens is 348 g/mol. The van der Waals surface area contributed by atoms with Gasteiger partial charge < -0.3 is 5.32 Å². The topological polar surface area (TPSA) is 116 Å². The largest absolute Gasteiger partial charge is 0.323 e. The number of imide groups is 1. The monoisotopic (exact) mass is 374 g/mol. The standard InChI is InChI=1S/C19H26N4O4/c24-14(9-18-4-10-1-11(5-18)3-12(2-10)6-18)22-23-15(25)13-7-19(8-13)16(26)20-17(27)21-19/h10-13H,1-9H2,(H,22,24)(H,23,25)(H2,20,21,26,27). The number of carbonyl (C=O) groups excluding carboxylic acids is 4. The number of carbonyl (C=O) groups is 4. The van der Waals surface area contributed by atoms with Gasteiger partial charge in [-0.3, -0.25) is 30.6 Å². The molecule has 0 aromatic rings. The molecule has 1 aliphatic heterocycles. The number of rotatable bonds is 3. The quantitative estimate of drug-likeness (QED) is 0.430. The minimum atomic E-state index is -0.942. The van der Waals surface area contributed by atoms with E-state index in [2.05, 4.69) is 21.5 Å². The van der Waals surface area contributed by atoms with Crippen LogP contribution in [0.1, 0.15) is 57.8 Å². The molecule has 0 aromatic carbocycles. The predicted molar refractivity (Wildman–Crippen MR) is 93.6 cm³/mol. The van der Waals surface area contributed by atoms with Crippen molar-refractivity contribution in [2.45, 2.75) is 63.3 Å². The molecule has 8 nitrogen and oxygen atoms in total. The van der Waals surface area contributed by atoms with Crippen LogP contribution in [0.3, 0.4) is 0 Å². The van der Waals surface area contributed by atoms with Crippen LogP contribution in [-0.4, -0.2) is 29.3 Å². The highest BCUT2D eigenvalue weighted by molar-refractivity contribution is 6.08. The molecule has 27 heavy (non-hydrogen) atoms. The van der Waals surface area contributed by atoms with Crippen molar-refractivity contribution >= 4 is 23.8 Å². The smallest absolute Gasteiger partial charge is 0.322 e. The van der Waals surface area contributed by atoms with Gasteiger partial charge in [-0.05, 0) is 74.5 Å². The summed E-state index contributed by atoms with van der Waals surface area (Å²) in [6.45, 7) is 0. The molecule has 1 spiro atoms. The van der Waals surface area contributed by atoms with Crippen LogP contribution in [0.2, 0.25) is 0 Å². The fourth-order valence-corrected chi connectivity index (χ4v) is 6.91. The van der Waals surface area contributed by atoms with Gasteiger partial charge in [0.1, 0.15) is 5.54 Å². The molecule has 0 radical (unpaired) electrons. The third-order valence-corrected chi connectivity index (χ3v) is 7.60. The number of amides is 5. The first kappa shape index (κ1) is 17.0. The van der Waals surface area contributed by atoms with Gasteiger partial charge in [0, 0.05) is 12.3 Å². The van der Waals surface area contributed by atoms with Crippen molar-refractivity contribution in [3.63, 3.8) is 0 Å². The van der Waals surface area contributed by atoms with Gasteiger partial charge in [0.25, 0.3) is 5.91 Å². The van der Waals surface area contributed by atoms with Gasteiger partial charge in [0.15, 0.2) is 0 Å². The highest BCUT2D eigenvalue weighted by Crippen LogP contribution is 2.61. The number of hydrazine groups is 1. The Bertz CT molecular complexity index is 692. The van der Waals surface area contributed by atoms with Crippen LogP contribution in [0.15, 0.2) is 0 Å². The second-order valence-corrected chi connectivity index (χ2v) is 9.73. The second-order valence-electron chi connectivity index (χ2n) is 9.73. The van der Waals surface area contributed by atoms with Crippen molar-refractivity contribution in [2.75, 3.05) is 0 Å². The van der Waals surface area contributed by atoms with Gasteiger partial charge in [-0.15, -0.1) is 0 Å². The summed E-state index contributed by atoms with van der Waals surface area (Å²) in [6.07, 6.45) is 8.49. The third-order valence-electron chi connectivity index (χ3n) is 7.60. The van der Waals surface area contributed by atoms with Gasteiger partial charge in [-0.2, -0.15) is 0 Å². The summed E-state index contributed by atoms with van der Waals surface area (Å²) in [7, 11) is 0. The normalized spacial score (nSPS) is 43.9. The van der Waals surface area contributed by atoms with Crippen molar-refractivity contribution in [1.82, 2.24) is 21.5 Å². The minimum Gasteiger partial charge on any atom is -0.323 e. The molecule has 5 saturated carbocycles. The second kappa shape index (κ2) is 5.69. The van der Waals surface area contributed by atoms with Crippen LogP contribution in [0.25, 0.3) is 0 Å². The van der Waals surface area contributed by atoms with Crippen LogP contribution < -0.4 is 21.5 Å². The van der Waals surface area contributed by atoms with E-state index in [0.29, 0.717) is 6.42 Å². The Hall–Kier alpha value is -2.12. The zero-order chi connectivity index (χ0) is 18.8. The Labute approximate surface area is 157 Å². The van der Waals surface area contributed by atoms with Gasteiger partial charge in [0.2, 0.25) is 11.8 Å². The summed E-state index contributed by atoms with van der Waals surface area (Å²) in [5, 5.41) is 4.79. The van der Waals surface area contributed by atoms with E-state index >= 15 is 0 Å². The lowest BCUT2D eigenvalue weighted by Gasteiger charge is -2.56. The first-order chi connectivity index (χ1) is 12.8. The van der Waals surface area contributed by atoms with E-state index in [1.54, 1.807) is 0 Å². The predicted octanol–water partition coefficient (Wildman–Crippen LogP) is 0.729. The van der Waals surface area contributed by atoms with Crippen LogP contribution in [0.4, 0.5) is 4.79 Å². The van der Waals surface area contributed by atoms with Crippen molar-refractivity contribution in [1.29, 1.82) is 0 Å². The molecule has 0 atom stereocenters. The lowest BCUT2D eigenvalue weighted by Crippen LogP contribution is -2.61. The first-order valence-corrected chi connectivity index (χ1v) is 10.1. The Balaban J connectivity index is 1.11. The van der Waals surface area contributed by atoms with Gasteiger partial charge >= 0.3 is 6.03 Å². The Kier molecular flexibility index (Phi) is 3.58. The van der Waals surface area contributed by atoms with Gasteiger partial charge in [0.05, 0.1) is 0 Å². The molecule has 0 aromatic heterocycles. The number of hydrogen-bond donors (Lipinski definition) is 4. The third kappa shape index (κ3) is 2.80. The van der Waals surface area contributed by atoms with Crippen molar-refractivity contribution in [3.05, 3.63) is 0 Å². The molecule has 5 amide bonds. The van der Waals surface area contributed by atoms with E-state index in [4.69, 9.17) is 0 Å². The molecule has 146 valence electrons. The lowest BCUT2D eigenvalue weighted by atomic mass is 9.49. The molecule has 6 aliphatic rings. The van der Waals surface area contributed by atoms with Crippen molar-refractivity contribution in [3.8, 4) is 0 Å². The lowest BCUT2D eigenvalue weighted by molar-refractivity contribution is -0.140. The molecule has 6 fully saturated rings. The molecular formula is C19H26N4O4. The van der Waals surface area contributed by atoms with E-state index in [1.807, 2.05) is 0 Å². The summed E-state index contributed by atoms with van der Waals surface area (Å²) < 4.78 is 0.